The Hall–Kier alpha value is -2.86. The van der Waals surface area contributed by atoms with Crippen LogP contribution >= 0.6 is 46.9 Å². The van der Waals surface area contributed by atoms with E-state index in [9.17, 15) is 9.18 Å². The van der Waals surface area contributed by atoms with Crippen LogP contribution in [-0.4, -0.2) is 24.3 Å². The van der Waals surface area contributed by atoms with E-state index in [1.165, 1.54) is 39.8 Å². The van der Waals surface area contributed by atoms with E-state index >= 15 is 0 Å². The van der Waals surface area contributed by atoms with Gasteiger partial charge in [0.05, 0.1) is 5.75 Å². The zero-order valence-corrected chi connectivity index (χ0v) is 20.1. The average Bonchev–Trinajstić information content (AvgIpc) is 3.40. The summed E-state index contributed by atoms with van der Waals surface area (Å²) in [5.41, 5.74) is 1.56. The number of fused-ring (bicyclic) bond motifs is 1. The van der Waals surface area contributed by atoms with Gasteiger partial charge in [-0.05, 0) is 48.6 Å². The number of hydrogen-bond donors (Lipinski definition) is 0. The molecule has 3 heterocycles. The number of aromatic nitrogens is 5. The third-order valence-electron chi connectivity index (χ3n) is 4.73. The molecule has 0 radical (unpaired) electrons. The maximum atomic E-state index is 13.5. The molecule has 12 heteroatoms. The Morgan fingerprint density at radius 2 is 2.00 bits per heavy atom. The molecule has 0 bridgehead atoms. The topological polar surface area (TPSA) is 78.7 Å². The van der Waals surface area contributed by atoms with Crippen LogP contribution in [0.15, 0.2) is 63.0 Å². The third-order valence-corrected chi connectivity index (χ3v) is 7.35. The fraction of sp³-hybridized carbons (Fsp3) is 0.0952. The van der Waals surface area contributed by atoms with E-state index in [1.54, 1.807) is 35.9 Å². The number of hydrogen-bond acceptors (Lipinski definition) is 8. The Bertz CT molecular complexity index is 1610. The first-order valence-corrected chi connectivity index (χ1v) is 12.1. The molecule has 0 saturated heterocycles. The third kappa shape index (κ3) is 4.24. The number of thioether (sulfide) groups is 1. The Morgan fingerprint density at radius 3 is 2.76 bits per heavy atom. The van der Waals surface area contributed by atoms with Crippen molar-refractivity contribution >= 4 is 57.3 Å². The highest BCUT2D eigenvalue weighted by molar-refractivity contribution is 7.98. The van der Waals surface area contributed by atoms with Gasteiger partial charge in [0.15, 0.2) is 14.8 Å². The standard InChI is InChI=1S/C21H13ClFN5O2S3/c1-27-19(29)16-18(28(21(31)33-16)14-7-5-12(22)6-8-14)25-20(27)32-10-15-24-17(26-30-15)11-3-2-4-13(23)9-11/h2-9H,10H2,1H3. The Labute approximate surface area is 204 Å². The lowest BCUT2D eigenvalue weighted by atomic mass is 10.2. The first-order chi connectivity index (χ1) is 15.9. The van der Waals surface area contributed by atoms with Crippen molar-refractivity contribution in [2.75, 3.05) is 0 Å². The molecule has 33 heavy (non-hydrogen) atoms. The van der Waals surface area contributed by atoms with Gasteiger partial charge in [0, 0.05) is 23.3 Å². The van der Waals surface area contributed by atoms with Gasteiger partial charge in [-0.3, -0.25) is 13.9 Å². The van der Waals surface area contributed by atoms with Crippen molar-refractivity contribution in [2.45, 2.75) is 10.9 Å². The highest BCUT2D eigenvalue weighted by Gasteiger charge is 2.17. The van der Waals surface area contributed by atoms with Crippen molar-refractivity contribution < 1.29 is 8.91 Å². The molecule has 0 N–H and O–H groups in total. The molecule has 5 aromatic rings. The van der Waals surface area contributed by atoms with Crippen molar-refractivity contribution in [1.82, 2.24) is 24.3 Å². The molecule has 0 saturated carbocycles. The second-order valence-electron chi connectivity index (χ2n) is 6.90. The van der Waals surface area contributed by atoms with Crippen LogP contribution in [0.3, 0.4) is 0 Å². The van der Waals surface area contributed by atoms with Gasteiger partial charge >= 0.3 is 0 Å². The number of nitrogens with zero attached hydrogens (tertiary/aromatic N) is 5. The number of rotatable bonds is 5. The quantitative estimate of drug-likeness (QED) is 0.169. The molecule has 166 valence electrons. The van der Waals surface area contributed by atoms with Crippen LogP contribution in [0.5, 0.6) is 0 Å². The molecule has 0 unspecified atom stereocenters. The second-order valence-corrected chi connectivity index (χ2v) is 9.92. The Balaban J connectivity index is 1.48. The molecule has 3 aromatic heterocycles. The van der Waals surface area contributed by atoms with Gasteiger partial charge in [-0.2, -0.15) is 4.98 Å². The summed E-state index contributed by atoms with van der Waals surface area (Å²) in [6.07, 6.45) is 0. The highest BCUT2D eigenvalue weighted by atomic mass is 35.5. The molecule has 0 aliphatic rings. The SMILES string of the molecule is Cn1c(SCc2nc(-c3cccc(F)c3)no2)nc2c(sc(=S)n2-c2ccc(Cl)cc2)c1=O. The molecule has 2 aromatic carbocycles. The average molecular weight is 518 g/mol. The van der Waals surface area contributed by atoms with Crippen molar-refractivity contribution in [1.29, 1.82) is 0 Å². The van der Waals surface area contributed by atoms with Gasteiger partial charge < -0.3 is 4.52 Å². The highest BCUT2D eigenvalue weighted by Crippen LogP contribution is 2.27. The fourth-order valence-corrected chi connectivity index (χ4v) is 5.42. The smallest absolute Gasteiger partial charge is 0.273 e. The normalized spacial score (nSPS) is 11.4. The maximum Gasteiger partial charge on any atom is 0.273 e. The van der Waals surface area contributed by atoms with Crippen LogP contribution < -0.4 is 5.56 Å². The van der Waals surface area contributed by atoms with Gasteiger partial charge in [0.2, 0.25) is 11.7 Å². The summed E-state index contributed by atoms with van der Waals surface area (Å²) in [6.45, 7) is 0. The molecular formula is C21H13ClFN5O2S3. The predicted molar refractivity (Wildman–Crippen MR) is 129 cm³/mol. The van der Waals surface area contributed by atoms with Crippen molar-refractivity contribution in [3.63, 3.8) is 0 Å². The summed E-state index contributed by atoms with van der Waals surface area (Å²) < 4.78 is 23.0. The summed E-state index contributed by atoms with van der Waals surface area (Å²) in [5, 5.41) is 4.98. The molecule has 5 rings (SSSR count). The van der Waals surface area contributed by atoms with Crippen LogP contribution in [0.25, 0.3) is 27.4 Å². The number of thiazole rings is 1. The van der Waals surface area contributed by atoms with E-state index in [0.717, 1.165) is 5.69 Å². The molecule has 0 aliphatic carbocycles. The largest absolute Gasteiger partial charge is 0.338 e. The first kappa shape index (κ1) is 22.0. The Morgan fingerprint density at radius 1 is 1.21 bits per heavy atom. The molecule has 0 atom stereocenters. The van der Waals surface area contributed by atoms with E-state index in [4.69, 9.17) is 33.3 Å². The second kappa shape index (κ2) is 8.82. The Kier molecular flexibility index (Phi) is 5.87. The summed E-state index contributed by atoms with van der Waals surface area (Å²) in [5.74, 6) is 0.511. The van der Waals surface area contributed by atoms with Crippen LogP contribution in [-0.2, 0) is 12.8 Å². The monoisotopic (exact) mass is 517 g/mol. The van der Waals surface area contributed by atoms with Gasteiger partial charge in [-0.15, -0.1) is 0 Å². The summed E-state index contributed by atoms with van der Waals surface area (Å²) in [6, 6.07) is 13.1. The zero-order chi connectivity index (χ0) is 23.1. The first-order valence-electron chi connectivity index (χ1n) is 9.50. The van der Waals surface area contributed by atoms with E-state index in [-0.39, 0.29) is 23.0 Å². The van der Waals surface area contributed by atoms with E-state index in [1.807, 2.05) is 12.1 Å². The van der Waals surface area contributed by atoms with E-state index in [0.29, 0.717) is 35.9 Å². The molecule has 0 aliphatic heterocycles. The van der Waals surface area contributed by atoms with E-state index in [2.05, 4.69) is 10.1 Å². The van der Waals surface area contributed by atoms with Gasteiger partial charge in [0.1, 0.15) is 10.5 Å². The van der Waals surface area contributed by atoms with Crippen LogP contribution in [0.4, 0.5) is 4.39 Å². The lowest BCUT2D eigenvalue weighted by Crippen LogP contribution is -2.19. The van der Waals surface area contributed by atoms with Crippen molar-refractivity contribution in [3.8, 4) is 17.1 Å². The molecule has 0 amide bonds. The predicted octanol–water partition coefficient (Wildman–Crippen LogP) is 5.65. The molecular weight excluding hydrogens is 505 g/mol. The lowest BCUT2D eigenvalue weighted by Gasteiger charge is -2.08. The van der Waals surface area contributed by atoms with Crippen LogP contribution in [0.1, 0.15) is 5.89 Å². The minimum atomic E-state index is -0.383. The minimum Gasteiger partial charge on any atom is -0.338 e. The van der Waals surface area contributed by atoms with E-state index < -0.39 is 0 Å². The van der Waals surface area contributed by atoms with Crippen LogP contribution in [0.2, 0.25) is 5.02 Å². The molecule has 7 nitrogen and oxygen atoms in total. The molecule has 0 spiro atoms. The van der Waals surface area contributed by atoms with Gasteiger partial charge in [-0.25, -0.2) is 9.37 Å². The maximum absolute atomic E-state index is 13.5. The van der Waals surface area contributed by atoms with Crippen molar-refractivity contribution in [2.24, 2.45) is 7.05 Å². The van der Waals surface area contributed by atoms with Gasteiger partial charge in [-0.1, -0.05) is 52.0 Å². The molecule has 0 fully saturated rings. The van der Waals surface area contributed by atoms with Crippen molar-refractivity contribution in [3.05, 3.63) is 79.6 Å². The summed E-state index contributed by atoms with van der Waals surface area (Å²) in [7, 11) is 1.65. The lowest BCUT2D eigenvalue weighted by molar-refractivity contribution is 0.391. The summed E-state index contributed by atoms with van der Waals surface area (Å²) >= 11 is 14.0. The number of halogens is 2. The number of benzene rings is 2. The summed E-state index contributed by atoms with van der Waals surface area (Å²) in [4.78, 5) is 22.0. The van der Waals surface area contributed by atoms with Gasteiger partial charge in [0.25, 0.3) is 5.56 Å². The zero-order valence-electron chi connectivity index (χ0n) is 16.9. The van der Waals surface area contributed by atoms with Crippen LogP contribution in [0, 0.1) is 9.77 Å². The minimum absolute atomic E-state index is 0.197. The fourth-order valence-electron chi connectivity index (χ4n) is 3.14.